The average Bonchev–Trinajstić information content (AvgIpc) is 2.26. The van der Waals surface area contributed by atoms with E-state index in [1.165, 1.54) is 26.4 Å². The van der Waals surface area contributed by atoms with E-state index in [0.717, 1.165) is 0 Å². The Bertz CT molecular complexity index is 316. The zero-order chi connectivity index (χ0) is 11.4. The Labute approximate surface area is 88.6 Å². The van der Waals surface area contributed by atoms with Gasteiger partial charge < -0.3 is 26.0 Å². The highest BCUT2D eigenvalue weighted by atomic mass is 16.5. The molecule has 5 N–H and O–H groups in total. The molecule has 0 saturated heterocycles. The van der Waals surface area contributed by atoms with Crippen molar-refractivity contribution in [3.8, 4) is 17.2 Å². The van der Waals surface area contributed by atoms with Gasteiger partial charge in [-0.2, -0.15) is 0 Å². The first kappa shape index (κ1) is 11.6. The van der Waals surface area contributed by atoms with E-state index in [9.17, 15) is 5.11 Å². The zero-order valence-corrected chi connectivity index (χ0v) is 8.86. The highest BCUT2D eigenvalue weighted by Crippen LogP contribution is 2.36. The Kier molecular flexibility index (Phi) is 3.76. The van der Waals surface area contributed by atoms with Crippen LogP contribution in [-0.4, -0.2) is 25.9 Å². The molecule has 0 aliphatic carbocycles. The molecule has 0 heterocycles. The number of methoxy groups -OCH3 is 2. The largest absolute Gasteiger partial charge is 0.508 e. The molecule has 0 spiro atoms. The number of hydrogen-bond donors (Lipinski definition) is 3. The number of phenolic OH excluding ortho intramolecular Hbond substituents is 1. The lowest BCUT2D eigenvalue weighted by molar-refractivity contribution is 0.371. The molecule has 5 heteroatoms. The highest BCUT2D eigenvalue weighted by Gasteiger charge is 2.17. The van der Waals surface area contributed by atoms with Gasteiger partial charge in [0.05, 0.1) is 19.8 Å². The number of hydrogen-bond acceptors (Lipinski definition) is 5. The zero-order valence-electron chi connectivity index (χ0n) is 8.86. The van der Waals surface area contributed by atoms with E-state index >= 15 is 0 Å². The third-order valence-electron chi connectivity index (χ3n) is 2.15. The van der Waals surface area contributed by atoms with Gasteiger partial charge in [-0.05, 0) is 0 Å². The first-order valence-electron chi connectivity index (χ1n) is 4.54. The Balaban J connectivity index is 3.30. The van der Waals surface area contributed by atoms with Crippen molar-refractivity contribution in [1.82, 2.24) is 0 Å². The summed E-state index contributed by atoms with van der Waals surface area (Å²) in [6, 6.07) is 2.58. The van der Waals surface area contributed by atoms with Crippen LogP contribution < -0.4 is 20.9 Å². The molecule has 0 amide bonds. The van der Waals surface area contributed by atoms with Crippen LogP contribution in [0.2, 0.25) is 0 Å². The summed E-state index contributed by atoms with van der Waals surface area (Å²) in [6.07, 6.45) is 0. The summed E-state index contributed by atoms with van der Waals surface area (Å²) in [7, 11) is 3.00. The number of benzene rings is 1. The van der Waals surface area contributed by atoms with Crippen molar-refractivity contribution in [3.63, 3.8) is 0 Å². The number of phenols is 1. The van der Waals surface area contributed by atoms with Crippen molar-refractivity contribution >= 4 is 0 Å². The molecule has 0 radical (unpaired) electrons. The van der Waals surface area contributed by atoms with E-state index in [1.54, 1.807) is 0 Å². The maximum Gasteiger partial charge on any atom is 0.131 e. The molecule has 5 nitrogen and oxygen atoms in total. The fraction of sp³-hybridized carbons (Fsp3) is 0.400. The van der Waals surface area contributed by atoms with Crippen LogP contribution in [0.1, 0.15) is 11.6 Å². The molecule has 1 atom stereocenters. The van der Waals surface area contributed by atoms with Crippen molar-refractivity contribution < 1.29 is 14.6 Å². The van der Waals surface area contributed by atoms with E-state index in [1.807, 2.05) is 0 Å². The number of nitrogens with two attached hydrogens (primary N) is 2. The Morgan fingerprint density at radius 3 is 2.07 bits per heavy atom. The predicted molar refractivity (Wildman–Crippen MR) is 57.2 cm³/mol. The molecule has 0 saturated carbocycles. The molecule has 0 aliphatic rings. The second-order valence-electron chi connectivity index (χ2n) is 3.11. The van der Waals surface area contributed by atoms with Crippen LogP contribution in [0.25, 0.3) is 0 Å². The molecular formula is C10H16N2O3. The van der Waals surface area contributed by atoms with Crippen LogP contribution in [0.3, 0.4) is 0 Å². The predicted octanol–water partition coefficient (Wildman–Crippen LogP) is 0.368. The van der Waals surface area contributed by atoms with Crippen molar-refractivity contribution in [2.45, 2.75) is 6.04 Å². The first-order chi connectivity index (χ1) is 7.13. The van der Waals surface area contributed by atoms with Crippen LogP contribution in [0.4, 0.5) is 0 Å². The summed E-state index contributed by atoms with van der Waals surface area (Å²) in [5, 5.41) is 9.40. The molecule has 15 heavy (non-hydrogen) atoms. The average molecular weight is 212 g/mol. The number of ether oxygens (including phenoxy) is 2. The second kappa shape index (κ2) is 4.86. The van der Waals surface area contributed by atoms with Gasteiger partial charge >= 0.3 is 0 Å². The summed E-state index contributed by atoms with van der Waals surface area (Å²) < 4.78 is 10.2. The highest BCUT2D eigenvalue weighted by molar-refractivity contribution is 5.51. The van der Waals surface area contributed by atoms with Crippen molar-refractivity contribution in [3.05, 3.63) is 17.7 Å². The van der Waals surface area contributed by atoms with Crippen LogP contribution in [-0.2, 0) is 0 Å². The van der Waals surface area contributed by atoms with Gasteiger partial charge in [-0.25, -0.2) is 0 Å². The Morgan fingerprint density at radius 1 is 1.27 bits per heavy atom. The maximum absolute atomic E-state index is 9.40. The monoisotopic (exact) mass is 212 g/mol. The van der Waals surface area contributed by atoms with E-state index in [4.69, 9.17) is 20.9 Å². The minimum Gasteiger partial charge on any atom is -0.508 e. The summed E-state index contributed by atoms with van der Waals surface area (Å²) in [4.78, 5) is 0. The SMILES string of the molecule is COc1cc(O)cc(OC)c1[C@@H](N)CN. The standard InChI is InChI=1S/C10H16N2O3/c1-14-8-3-6(13)4-9(15-2)10(8)7(12)5-11/h3-4,7,13H,5,11-12H2,1-2H3/t7-/m0/s1. The Hall–Kier alpha value is -1.46. The molecule has 1 rings (SSSR count). The molecule has 0 aromatic heterocycles. The minimum atomic E-state index is -0.379. The van der Waals surface area contributed by atoms with Gasteiger partial charge in [0.25, 0.3) is 0 Å². The van der Waals surface area contributed by atoms with E-state index in [0.29, 0.717) is 17.1 Å². The van der Waals surface area contributed by atoms with Crippen LogP contribution >= 0.6 is 0 Å². The molecular weight excluding hydrogens is 196 g/mol. The van der Waals surface area contributed by atoms with Crippen LogP contribution in [0.15, 0.2) is 12.1 Å². The molecule has 0 aliphatic heterocycles. The fourth-order valence-corrected chi connectivity index (χ4v) is 1.41. The summed E-state index contributed by atoms with van der Waals surface area (Å²) >= 11 is 0. The molecule has 1 aromatic rings. The van der Waals surface area contributed by atoms with Gasteiger partial charge in [0.15, 0.2) is 0 Å². The lowest BCUT2D eigenvalue weighted by atomic mass is 10.0. The lowest BCUT2D eigenvalue weighted by Crippen LogP contribution is -2.22. The van der Waals surface area contributed by atoms with Crippen LogP contribution in [0, 0.1) is 0 Å². The second-order valence-corrected chi connectivity index (χ2v) is 3.11. The van der Waals surface area contributed by atoms with Crippen molar-refractivity contribution in [2.75, 3.05) is 20.8 Å². The van der Waals surface area contributed by atoms with Gasteiger partial charge in [0.2, 0.25) is 0 Å². The van der Waals surface area contributed by atoms with Gasteiger partial charge in [-0.3, -0.25) is 0 Å². The van der Waals surface area contributed by atoms with Gasteiger partial charge in [-0.15, -0.1) is 0 Å². The van der Waals surface area contributed by atoms with E-state index < -0.39 is 0 Å². The van der Waals surface area contributed by atoms with Gasteiger partial charge in [0, 0.05) is 24.7 Å². The molecule has 84 valence electrons. The fourth-order valence-electron chi connectivity index (χ4n) is 1.41. The summed E-state index contributed by atoms with van der Waals surface area (Å²) in [5.74, 6) is 1.02. The molecule has 0 bridgehead atoms. The van der Waals surface area contributed by atoms with Crippen molar-refractivity contribution in [2.24, 2.45) is 11.5 Å². The smallest absolute Gasteiger partial charge is 0.131 e. The van der Waals surface area contributed by atoms with E-state index in [-0.39, 0.29) is 18.3 Å². The summed E-state index contributed by atoms with van der Waals surface area (Å²) in [6.45, 7) is 0.275. The minimum absolute atomic E-state index is 0.0664. The lowest BCUT2D eigenvalue weighted by Gasteiger charge is -2.17. The Morgan fingerprint density at radius 2 is 1.73 bits per heavy atom. The van der Waals surface area contributed by atoms with Crippen molar-refractivity contribution in [1.29, 1.82) is 0 Å². The summed E-state index contributed by atoms with van der Waals surface area (Å²) in [5.41, 5.74) is 12.0. The van der Waals surface area contributed by atoms with E-state index in [2.05, 4.69) is 0 Å². The third kappa shape index (κ3) is 2.31. The normalized spacial score (nSPS) is 12.3. The third-order valence-corrected chi connectivity index (χ3v) is 2.15. The number of aromatic hydroxyl groups is 1. The van der Waals surface area contributed by atoms with Gasteiger partial charge in [-0.1, -0.05) is 0 Å². The molecule has 0 fully saturated rings. The topological polar surface area (TPSA) is 90.7 Å². The first-order valence-corrected chi connectivity index (χ1v) is 4.54. The molecule has 0 unspecified atom stereocenters. The van der Waals surface area contributed by atoms with Crippen LogP contribution in [0.5, 0.6) is 17.2 Å². The quantitative estimate of drug-likeness (QED) is 0.670. The van der Waals surface area contributed by atoms with Gasteiger partial charge in [0.1, 0.15) is 17.2 Å². The maximum atomic E-state index is 9.40. The molecule has 1 aromatic carbocycles. The number of rotatable bonds is 4.